The summed E-state index contributed by atoms with van der Waals surface area (Å²) in [6.45, 7) is 9.67. The van der Waals surface area contributed by atoms with Crippen molar-refractivity contribution in [2.75, 3.05) is 5.32 Å². The van der Waals surface area contributed by atoms with Crippen LogP contribution in [0.4, 0.5) is 19.3 Å². The van der Waals surface area contributed by atoms with Crippen LogP contribution in [0.2, 0.25) is 0 Å². The number of anilines is 1. The quantitative estimate of drug-likeness (QED) is 0.175. The number of rotatable bonds is 8. The average Bonchev–Trinajstić information content (AvgIpc) is 3.72. The van der Waals surface area contributed by atoms with E-state index in [1.165, 1.54) is 59.4 Å². The largest absolute Gasteiger partial charge is 0.454 e. The number of ether oxygens (including phenoxy) is 2. The first-order valence-electron chi connectivity index (χ1n) is 15.9. The normalized spacial score (nSPS) is 11.5. The average molecular weight is 681 g/mol. The Hall–Kier alpha value is -6.11. The lowest BCUT2D eigenvalue weighted by atomic mass is 10.1. The first-order chi connectivity index (χ1) is 23.8. The third-order valence-corrected chi connectivity index (χ3v) is 7.78. The Balaban J connectivity index is 1.29. The minimum absolute atomic E-state index is 0.0886. The summed E-state index contributed by atoms with van der Waals surface area (Å²) >= 11 is 0. The van der Waals surface area contributed by atoms with Crippen LogP contribution in [0, 0.1) is 11.6 Å². The standard InChI is InChI=1S/C37H34F2N6O5/c1-6-26-13-14-28(35(47)45(26)27-11-8-24(38)9-12-27)34(46)42-25-10-15-32(30(39)17-25)49-33-16-22-19-40-43(7-2)31(22)18-29(33)23-20-41-44(21-23)36(48)50-37(3,4)5/h8-21H,6-7H2,1-5H3,(H,42,46). The van der Waals surface area contributed by atoms with Crippen molar-refractivity contribution in [3.05, 3.63) is 119 Å². The molecule has 11 nitrogen and oxygen atoms in total. The van der Waals surface area contributed by atoms with Crippen molar-refractivity contribution in [1.29, 1.82) is 0 Å². The third-order valence-electron chi connectivity index (χ3n) is 7.78. The number of pyridine rings is 1. The molecular formula is C37H34F2N6O5. The van der Waals surface area contributed by atoms with E-state index in [0.717, 1.165) is 21.7 Å². The van der Waals surface area contributed by atoms with Gasteiger partial charge in [0, 0.05) is 52.4 Å². The van der Waals surface area contributed by atoms with Crippen LogP contribution in [0.5, 0.6) is 11.5 Å². The number of amides is 1. The van der Waals surface area contributed by atoms with E-state index in [2.05, 4.69) is 15.5 Å². The van der Waals surface area contributed by atoms with Crippen LogP contribution >= 0.6 is 0 Å². The van der Waals surface area contributed by atoms with E-state index in [4.69, 9.17) is 9.47 Å². The van der Waals surface area contributed by atoms with E-state index in [1.807, 2.05) is 19.9 Å². The first kappa shape index (κ1) is 33.8. The molecule has 3 aromatic heterocycles. The van der Waals surface area contributed by atoms with Crippen molar-refractivity contribution in [3.8, 4) is 28.3 Å². The molecule has 50 heavy (non-hydrogen) atoms. The highest BCUT2D eigenvalue weighted by Crippen LogP contribution is 2.38. The van der Waals surface area contributed by atoms with Gasteiger partial charge in [0.25, 0.3) is 11.5 Å². The number of halogens is 2. The van der Waals surface area contributed by atoms with Gasteiger partial charge in [0.05, 0.1) is 17.9 Å². The van der Waals surface area contributed by atoms with Gasteiger partial charge in [-0.3, -0.25) is 18.8 Å². The number of carbonyl (C=O) groups excluding carboxylic acids is 2. The number of hydrogen-bond acceptors (Lipinski definition) is 7. The van der Waals surface area contributed by atoms with Gasteiger partial charge < -0.3 is 14.8 Å². The summed E-state index contributed by atoms with van der Waals surface area (Å²) in [5, 5.41) is 11.9. The molecule has 0 unspecified atom stereocenters. The van der Waals surface area contributed by atoms with Crippen LogP contribution in [0.25, 0.3) is 27.7 Å². The van der Waals surface area contributed by atoms with Crippen molar-refractivity contribution in [2.24, 2.45) is 0 Å². The monoisotopic (exact) mass is 680 g/mol. The number of nitrogens with zero attached hydrogens (tertiary/aromatic N) is 5. The summed E-state index contributed by atoms with van der Waals surface area (Å²) in [5.41, 5.74) is 1.46. The number of benzene rings is 3. The predicted molar refractivity (Wildman–Crippen MR) is 184 cm³/mol. The molecule has 0 aliphatic rings. The summed E-state index contributed by atoms with van der Waals surface area (Å²) in [6.07, 6.45) is 4.48. The zero-order chi connectivity index (χ0) is 35.7. The molecule has 0 spiro atoms. The first-order valence-corrected chi connectivity index (χ1v) is 15.9. The smallest absolute Gasteiger partial charge is 0.435 e. The summed E-state index contributed by atoms with van der Waals surface area (Å²) in [6, 6.07) is 15.9. The number of aromatic nitrogens is 5. The number of hydrogen-bond donors (Lipinski definition) is 1. The minimum Gasteiger partial charge on any atom is -0.454 e. The van der Waals surface area contributed by atoms with Crippen LogP contribution in [0.15, 0.2) is 90.1 Å². The highest BCUT2D eigenvalue weighted by atomic mass is 19.1. The van der Waals surface area contributed by atoms with Gasteiger partial charge in [0.2, 0.25) is 0 Å². The summed E-state index contributed by atoms with van der Waals surface area (Å²) < 4.78 is 44.9. The topological polar surface area (TPSA) is 122 Å². The maximum Gasteiger partial charge on any atom is 0.435 e. The molecule has 0 radical (unpaired) electrons. The zero-order valence-corrected chi connectivity index (χ0v) is 28.0. The molecular weight excluding hydrogens is 646 g/mol. The molecule has 3 heterocycles. The summed E-state index contributed by atoms with van der Waals surface area (Å²) in [4.78, 5) is 39.3. The third kappa shape index (κ3) is 6.88. The molecule has 6 rings (SSSR count). The molecule has 13 heteroatoms. The second-order valence-corrected chi connectivity index (χ2v) is 12.4. The molecule has 6 aromatic rings. The molecule has 0 saturated heterocycles. The Morgan fingerprint density at radius 2 is 1.66 bits per heavy atom. The highest BCUT2D eigenvalue weighted by Gasteiger charge is 2.22. The summed E-state index contributed by atoms with van der Waals surface area (Å²) in [5.74, 6) is -1.86. The van der Waals surface area contributed by atoms with Gasteiger partial charge in [-0.25, -0.2) is 13.6 Å². The van der Waals surface area contributed by atoms with Crippen LogP contribution in [0.3, 0.4) is 0 Å². The second kappa shape index (κ2) is 13.4. The van der Waals surface area contributed by atoms with Gasteiger partial charge in [-0.2, -0.15) is 14.9 Å². The molecule has 0 aliphatic heterocycles. The van der Waals surface area contributed by atoms with Gasteiger partial charge >= 0.3 is 6.09 Å². The van der Waals surface area contributed by atoms with Crippen molar-refractivity contribution < 1.29 is 27.8 Å². The maximum absolute atomic E-state index is 15.6. The van der Waals surface area contributed by atoms with Crippen molar-refractivity contribution in [1.82, 2.24) is 24.1 Å². The molecule has 0 fully saturated rings. The van der Waals surface area contributed by atoms with Crippen molar-refractivity contribution >= 4 is 28.6 Å². The van der Waals surface area contributed by atoms with E-state index < -0.39 is 34.8 Å². The number of fused-ring (bicyclic) bond motifs is 1. The van der Waals surface area contributed by atoms with E-state index in [0.29, 0.717) is 35.5 Å². The van der Waals surface area contributed by atoms with Gasteiger partial charge in [0.1, 0.15) is 22.7 Å². The van der Waals surface area contributed by atoms with Crippen LogP contribution in [-0.4, -0.2) is 41.7 Å². The SMILES string of the molecule is CCc1ccc(C(=O)Nc2ccc(Oc3cc4cnn(CC)c4cc3-c3cnn(C(=O)OC(C)(C)C)c3)c(F)c2)c(=O)n1-c1ccc(F)cc1. The Bertz CT molecular complexity index is 2300. The fourth-order valence-electron chi connectivity index (χ4n) is 5.41. The molecule has 0 bridgehead atoms. The molecule has 1 N–H and O–H groups in total. The van der Waals surface area contributed by atoms with Gasteiger partial charge in [0.15, 0.2) is 11.6 Å². The van der Waals surface area contributed by atoms with Crippen LogP contribution < -0.4 is 15.6 Å². The van der Waals surface area contributed by atoms with E-state index in [-0.39, 0.29) is 22.7 Å². The number of carbonyl (C=O) groups is 2. The fourth-order valence-corrected chi connectivity index (χ4v) is 5.41. The van der Waals surface area contributed by atoms with Gasteiger partial charge in [-0.05, 0) is 94.8 Å². The molecule has 0 aliphatic carbocycles. The lowest BCUT2D eigenvalue weighted by molar-refractivity contribution is 0.0514. The Morgan fingerprint density at radius 1 is 0.900 bits per heavy atom. The Labute approximate surface area is 285 Å². The Kier molecular flexibility index (Phi) is 9.07. The Morgan fingerprint density at radius 3 is 2.34 bits per heavy atom. The summed E-state index contributed by atoms with van der Waals surface area (Å²) in [7, 11) is 0. The van der Waals surface area contributed by atoms with Gasteiger partial charge in [-0.1, -0.05) is 6.92 Å². The lowest BCUT2D eigenvalue weighted by Crippen LogP contribution is -2.30. The highest BCUT2D eigenvalue weighted by molar-refractivity contribution is 6.04. The number of nitrogens with one attached hydrogen (secondary N) is 1. The lowest BCUT2D eigenvalue weighted by Gasteiger charge is -2.18. The second-order valence-electron chi connectivity index (χ2n) is 12.4. The maximum atomic E-state index is 15.6. The van der Waals surface area contributed by atoms with E-state index in [1.54, 1.807) is 43.8 Å². The minimum atomic E-state index is -0.785. The van der Waals surface area contributed by atoms with Crippen LogP contribution in [0.1, 0.15) is 50.7 Å². The van der Waals surface area contributed by atoms with Crippen molar-refractivity contribution in [3.63, 3.8) is 0 Å². The number of aryl methyl sites for hydroxylation is 2. The molecule has 0 atom stereocenters. The zero-order valence-electron chi connectivity index (χ0n) is 28.0. The van der Waals surface area contributed by atoms with Gasteiger partial charge in [-0.15, -0.1) is 0 Å². The molecule has 0 saturated carbocycles. The van der Waals surface area contributed by atoms with E-state index >= 15 is 4.39 Å². The van der Waals surface area contributed by atoms with Crippen LogP contribution in [-0.2, 0) is 17.7 Å². The molecule has 1 amide bonds. The predicted octanol–water partition coefficient (Wildman–Crippen LogP) is 7.74. The van der Waals surface area contributed by atoms with E-state index in [9.17, 15) is 18.8 Å². The molecule has 256 valence electrons. The molecule has 3 aromatic carbocycles. The van der Waals surface area contributed by atoms with Crippen molar-refractivity contribution in [2.45, 2.75) is 53.2 Å². The fraction of sp³-hybridized carbons (Fsp3) is 0.216.